The molecule has 10 nitrogen and oxygen atoms in total. The predicted molar refractivity (Wildman–Crippen MR) is 118 cm³/mol. The van der Waals surface area contributed by atoms with Crippen LogP contribution in [-0.4, -0.2) is 61.2 Å². The van der Waals surface area contributed by atoms with Crippen LogP contribution in [0.5, 0.6) is 0 Å². The molecule has 0 saturated carbocycles. The minimum Gasteiger partial charge on any atom is -0.394 e. The van der Waals surface area contributed by atoms with E-state index in [2.05, 4.69) is 20.3 Å². The van der Waals surface area contributed by atoms with Crippen LogP contribution in [-0.2, 0) is 24.7 Å². The second kappa shape index (κ2) is 7.84. The molecule has 0 radical (unpaired) electrons. The molecule has 0 unspecified atom stereocenters. The number of fused-ring (bicyclic) bond motifs is 2. The van der Waals surface area contributed by atoms with E-state index in [-0.39, 0.29) is 18.4 Å². The molecule has 1 amide bonds. The molecule has 2 fully saturated rings. The van der Waals surface area contributed by atoms with Gasteiger partial charge in [0.1, 0.15) is 24.6 Å². The summed E-state index contributed by atoms with van der Waals surface area (Å²) in [6, 6.07) is 9.59. The normalized spacial score (nSPS) is 28.4. The number of carbonyl (C=O) groups is 1. The van der Waals surface area contributed by atoms with Crippen molar-refractivity contribution in [3.05, 3.63) is 48.5 Å². The highest BCUT2D eigenvalue weighted by Crippen LogP contribution is 2.50. The van der Waals surface area contributed by atoms with Crippen molar-refractivity contribution in [2.75, 3.05) is 11.9 Å². The lowest BCUT2D eigenvalue weighted by Gasteiger charge is -2.36. The van der Waals surface area contributed by atoms with Gasteiger partial charge in [-0.15, -0.1) is 0 Å². The Labute approximate surface area is 190 Å². The number of nitrogens with one attached hydrogen (secondary N) is 1. The van der Waals surface area contributed by atoms with E-state index in [9.17, 15) is 9.90 Å². The van der Waals surface area contributed by atoms with E-state index >= 15 is 0 Å². The molecule has 2 aromatic heterocycles. The maximum absolute atomic E-state index is 12.3. The molecule has 2 aliphatic rings. The molecule has 1 aromatic carbocycles. The molecular weight excluding hydrogens is 426 g/mol. The van der Waals surface area contributed by atoms with Gasteiger partial charge < -0.3 is 24.6 Å². The van der Waals surface area contributed by atoms with Gasteiger partial charge in [-0.3, -0.25) is 9.36 Å². The number of benzene rings is 1. The van der Waals surface area contributed by atoms with Gasteiger partial charge in [0.05, 0.1) is 12.9 Å². The van der Waals surface area contributed by atoms with Crippen LogP contribution in [0, 0.1) is 5.92 Å². The number of nitrogens with zero attached hydrogens (tertiary/aromatic N) is 4. The Morgan fingerprint density at radius 3 is 2.61 bits per heavy atom. The number of rotatable bonds is 5. The fourth-order valence-corrected chi connectivity index (χ4v) is 4.54. The van der Waals surface area contributed by atoms with E-state index in [1.165, 1.54) is 6.33 Å². The number of amides is 1. The Morgan fingerprint density at radius 1 is 1.15 bits per heavy atom. The second-order valence-electron chi connectivity index (χ2n) is 9.08. The zero-order valence-electron chi connectivity index (χ0n) is 18.9. The summed E-state index contributed by atoms with van der Waals surface area (Å²) in [5, 5.41) is 12.9. The number of anilines is 1. The zero-order chi connectivity index (χ0) is 23.4. The maximum atomic E-state index is 12.3. The second-order valence-corrected chi connectivity index (χ2v) is 9.08. The third-order valence-corrected chi connectivity index (χ3v) is 6.04. The standard InChI is InChI=1S/C23H27N5O5/c1-13(2)21(30)27-19-16-20(25-11-24-19)28(12-26-16)23(14-8-6-5-7-9-14)18-17(15(10-29)31-23)32-22(3,4)33-18/h5-9,11-13,15,17-18,29H,10H2,1-4H3,(H,24,25,27,30)/t15-,17-,18-,23-/m1/s1. The van der Waals surface area contributed by atoms with Crippen molar-refractivity contribution in [2.24, 2.45) is 5.92 Å². The quantitative estimate of drug-likeness (QED) is 0.602. The van der Waals surface area contributed by atoms with Crippen molar-refractivity contribution in [3.8, 4) is 0 Å². The zero-order valence-corrected chi connectivity index (χ0v) is 18.9. The Bertz CT molecular complexity index is 1180. The molecule has 2 aliphatic heterocycles. The lowest BCUT2D eigenvalue weighted by molar-refractivity contribution is -0.221. The van der Waals surface area contributed by atoms with Gasteiger partial charge >= 0.3 is 0 Å². The molecule has 4 atom stereocenters. The number of aliphatic hydroxyl groups is 1. The first-order chi connectivity index (χ1) is 15.8. The highest BCUT2D eigenvalue weighted by atomic mass is 16.8. The number of carbonyl (C=O) groups excluding carboxylic acids is 1. The molecule has 33 heavy (non-hydrogen) atoms. The molecule has 10 heteroatoms. The first-order valence-electron chi connectivity index (χ1n) is 11.0. The Hall–Kier alpha value is -2.92. The van der Waals surface area contributed by atoms with Gasteiger partial charge in [0, 0.05) is 11.5 Å². The molecule has 0 bridgehead atoms. The average Bonchev–Trinajstić information content (AvgIpc) is 3.45. The van der Waals surface area contributed by atoms with Crippen molar-refractivity contribution >= 4 is 22.9 Å². The molecule has 0 spiro atoms. The van der Waals surface area contributed by atoms with Gasteiger partial charge in [0.15, 0.2) is 22.8 Å². The maximum Gasteiger partial charge on any atom is 0.228 e. The van der Waals surface area contributed by atoms with Gasteiger partial charge in [-0.1, -0.05) is 44.2 Å². The number of imidazole rings is 1. The molecule has 3 aromatic rings. The van der Waals surface area contributed by atoms with Gasteiger partial charge in [0.25, 0.3) is 0 Å². The van der Waals surface area contributed by atoms with Crippen LogP contribution >= 0.6 is 0 Å². The fraction of sp³-hybridized carbons (Fsp3) is 0.478. The van der Waals surface area contributed by atoms with Crippen molar-refractivity contribution in [2.45, 2.75) is 57.5 Å². The summed E-state index contributed by atoms with van der Waals surface area (Å²) < 4.78 is 20.8. The van der Waals surface area contributed by atoms with Crippen molar-refractivity contribution in [1.82, 2.24) is 19.5 Å². The Morgan fingerprint density at radius 2 is 1.91 bits per heavy atom. The molecular formula is C23H27N5O5. The summed E-state index contributed by atoms with van der Waals surface area (Å²) in [4.78, 5) is 25.5. The number of hydrogen-bond acceptors (Lipinski definition) is 8. The van der Waals surface area contributed by atoms with Crippen LogP contribution in [0.2, 0.25) is 0 Å². The summed E-state index contributed by atoms with van der Waals surface area (Å²) in [6.07, 6.45) is 1.25. The van der Waals surface area contributed by atoms with Crippen LogP contribution in [0.25, 0.3) is 11.2 Å². The first kappa shape index (κ1) is 21.9. The topological polar surface area (TPSA) is 121 Å². The highest BCUT2D eigenvalue weighted by molar-refractivity contribution is 5.97. The van der Waals surface area contributed by atoms with Crippen LogP contribution in [0.4, 0.5) is 5.82 Å². The van der Waals surface area contributed by atoms with Crippen molar-refractivity contribution in [1.29, 1.82) is 0 Å². The van der Waals surface area contributed by atoms with E-state index in [0.717, 1.165) is 5.56 Å². The largest absolute Gasteiger partial charge is 0.394 e. The van der Waals surface area contributed by atoms with E-state index in [1.807, 2.05) is 44.2 Å². The van der Waals surface area contributed by atoms with E-state index in [0.29, 0.717) is 17.0 Å². The Balaban J connectivity index is 1.71. The molecule has 4 heterocycles. The highest BCUT2D eigenvalue weighted by Gasteiger charge is 2.65. The number of ether oxygens (including phenoxy) is 3. The van der Waals surface area contributed by atoms with Gasteiger partial charge in [0.2, 0.25) is 11.6 Å². The Kier molecular flexibility index (Phi) is 5.20. The van der Waals surface area contributed by atoms with Gasteiger partial charge in [-0.2, -0.15) is 0 Å². The summed E-state index contributed by atoms with van der Waals surface area (Å²) in [6.45, 7) is 7.04. The predicted octanol–water partition coefficient (Wildman–Crippen LogP) is 2.03. The fourth-order valence-electron chi connectivity index (χ4n) is 4.54. The number of hydrogen-bond donors (Lipinski definition) is 2. The minimum atomic E-state index is -1.21. The van der Waals surface area contributed by atoms with E-state index in [1.54, 1.807) is 24.7 Å². The first-order valence-corrected chi connectivity index (χ1v) is 11.0. The summed E-state index contributed by atoms with van der Waals surface area (Å²) in [7, 11) is 0. The third-order valence-electron chi connectivity index (χ3n) is 6.04. The molecule has 2 saturated heterocycles. The number of aromatic nitrogens is 4. The SMILES string of the molecule is CC(C)C(=O)Nc1ncnc2c1ncn2[C@]1(c2ccccc2)O[C@H](CO)[C@H]2OC(C)(C)O[C@H]21. The van der Waals surface area contributed by atoms with Gasteiger partial charge in [-0.05, 0) is 13.8 Å². The summed E-state index contributed by atoms with van der Waals surface area (Å²) >= 11 is 0. The average molecular weight is 453 g/mol. The van der Waals surface area contributed by atoms with Crippen molar-refractivity contribution < 1.29 is 24.1 Å². The number of aliphatic hydroxyl groups excluding tert-OH is 1. The summed E-state index contributed by atoms with van der Waals surface area (Å²) in [5.41, 5.74) is 0.462. The molecule has 0 aliphatic carbocycles. The molecule has 2 N–H and O–H groups in total. The van der Waals surface area contributed by atoms with Crippen LogP contribution in [0.1, 0.15) is 33.3 Å². The molecule has 174 valence electrons. The third kappa shape index (κ3) is 3.41. The molecule has 5 rings (SSSR count). The monoisotopic (exact) mass is 453 g/mol. The smallest absolute Gasteiger partial charge is 0.228 e. The van der Waals surface area contributed by atoms with E-state index in [4.69, 9.17) is 14.2 Å². The van der Waals surface area contributed by atoms with Gasteiger partial charge in [-0.25, -0.2) is 15.0 Å². The van der Waals surface area contributed by atoms with Crippen LogP contribution < -0.4 is 5.32 Å². The lowest BCUT2D eigenvalue weighted by atomic mass is 9.94. The minimum absolute atomic E-state index is 0.172. The summed E-state index contributed by atoms with van der Waals surface area (Å²) in [5.74, 6) is -0.941. The van der Waals surface area contributed by atoms with Crippen LogP contribution in [0.15, 0.2) is 43.0 Å². The lowest BCUT2D eigenvalue weighted by Crippen LogP contribution is -2.46. The van der Waals surface area contributed by atoms with E-state index < -0.39 is 29.8 Å². The van der Waals surface area contributed by atoms with Crippen molar-refractivity contribution in [3.63, 3.8) is 0 Å². The van der Waals surface area contributed by atoms with Crippen LogP contribution in [0.3, 0.4) is 0 Å².